The van der Waals surface area contributed by atoms with Crippen molar-refractivity contribution in [1.82, 2.24) is 25.2 Å². The molecule has 5 aliphatic rings. The molecule has 1 spiro atoms. The number of nitrogen functional groups attached to an aromatic ring is 1. The maximum absolute atomic E-state index is 16.5. The van der Waals surface area contributed by atoms with Crippen LogP contribution in [0.2, 0.25) is 5.02 Å². The number of pyridine rings is 1. The van der Waals surface area contributed by atoms with Gasteiger partial charge in [-0.3, -0.25) is 9.88 Å². The molecule has 1 aromatic carbocycles. The fourth-order valence-corrected chi connectivity index (χ4v) is 8.33. The van der Waals surface area contributed by atoms with Crippen molar-refractivity contribution in [3.05, 3.63) is 34.7 Å². The number of rotatable bonds is 5. The van der Waals surface area contributed by atoms with E-state index in [4.69, 9.17) is 27.1 Å². The number of alkyl halides is 2. The van der Waals surface area contributed by atoms with Crippen LogP contribution >= 0.6 is 11.6 Å². The van der Waals surface area contributed by atoms with Crippen molar-refractivity contribution in [1.29, 1.82) is 5.26 Å². The monoisotopic (exact) mass is 610 g/mol. The molecule has 4 saturated heterocycles. The van der Waals surface area contributed by atoms with Crippen LogP contribution < -0.4 is 20.7 Å². The molecular formula is C30H30ClF3N8O. The number of nitrogens with two attached hydrogens (primary N) is 1. The van der Waals surface area contributed by atoms with E-state index in [1.807, 2.05) is 6.07 Å². The standard InChI is InChI=1S/C30H30ClF3N8O/c31-22-7-16(36)6-19(20(22)8-35)24-23(32)25-21(9-37-24)26(41-10-17-2-3-18(11-41)38-17)40-27(39-25)43-15-29-4-1-5-42(29)14-28(12-29)13-30(28,33)34/h6-7,9,17-18,38H,1-5,10-15,36H2/t17-,18+,28-,29-/m0/s1. The number of halogens is 4. The van der Waals surface area contributed by atoms with Crippen molar-refractivity contribution in [3.63, 3.8) is 0 Å². The Balaban J connectivity index is 1.21. The number of hydrogen-bond donors (Lipinski definition) is 2. The van der Waals surface area contributed by atoms with Gasteiger partial charge >= 0.3 is 6.01 Å². The quantitative estimate of drug-likeness (QED) is 0.402. The van der Waals surface area contributed by atoms with Crippen LogP contribution in [-0.4, -0.2) is 76.2 Å². The van der Waals surface area contributed by atoms with Gasteiger partial charge in [-0.15, -0.1) is 0 Å². The zero-order valence-corrected chi connectivity index (χ0v) is 24.1. The first kappa shape index (κ1) is 27.2. The van der Waals surface area contributed by atoms with Gasteiger partial charge in [-0.2, -0.15) is 15.2 Å². The smallest absolute Gasteiger partial charge is 0.319 e. The highest BCUT2D eigenvalue weighted by Gasteiger charge is 2.77. The summed E-state index contributed by atoms with van der Waals surface area (Å²) in [5.74, 6) is -2.88. The topological polar surface area (TPSA) is 116 Å². The van der Waals surface area contributed by atoms with Gasteiger partial charge in [0.25, 0.3) is 5.92 Å². The van der Waals surface area contributed by atoms with Crippen LogP contribution in [0.4, 0.5) is 24.7 Å². The summed E-state index contributed by atoms with van der Waals surface area (Å²) >= 11 is 6.27. The number of hydrogen-bond acceptors (Lipinski definition) is 9. The third kappa shape index (κ3) is 4.15. The van der Waals surface area contributed by atoms with Gasteiger partial charge < -0.3 is 20.7 Å². The molecule has 2 aromatic heterocycles. The van der Waals surface area contributed by atoms with Gasteiger partial charge in [-0.05, 0) is 50.8 Å². The van der Waals surface area contributed by atoms with Gasteiger partial charge in [-0.25, -0.2) is 13.2 Å². The molecule has 43 heavy (non-hydrogen) atoms. The van der Waals surface area contributed by atoms with Crippen LogP contribution in [0.3, 0.4) is 0 Å². The molecule has 0 amide bonds. The van der Waals surface area contributed by atoms with Gasteiger partial charge in [0, 0.05) is 55.6 Å². The maximum Gasteiger partial charge on any atom is 0.319 e. The lowest BCUT2D eigenvalue weighted by molar-refractivity contribution is 0.0647. The van der Waals surface area contributed by atoms with Gasteiger partial charge in [0.1, 0.15) is 29.7 Å². The van der Waals surface area contributed by atoms with E-state index in [9.17, 15) is 14.0 Å². The second-order valence-corrected chi connectivity index (χ2v) is 13.4. The normalized spacial score (nSPS) is 30.6. The Labute approximate surface area is 251 Å². The average Bonchev–Trinajstić information content (AvgIpc) is 3.30. The van der Waals surface area contributed by atoms with Crippen LogP contribution in [0.1, 0.15) is 44.1 Å². The minimum absolute atomic E-state index is 0.00397. The number of piperazine rings is 1. The molecule has 0 unspecified atom stereocenters. The molecular weight excluding hydrogens is 581 g/mol. The van der Waals surface area contributed by atoms with Crippen LogP contribution in [0, 0.1) is 22.6 Å². The Bertz CT molecular complexity index is 1710. The minimum Gasteiger partial charge on any atom is -0.461 e. The number of nitrogens with one attached hydrogen (secondary N) is 1. The lowest BCUT2D eigenvalue weighted by Gasteiger charge is -2.34. The summed E-state index contributed by atoms with van der Waals surface area (Å²) in [6, 6.07) is 5.49. The number of anilines is 2. The van der Waals surface area contributed by atoms with Crippen molar-refractivity contribution >= 4 is 34.0 Å². The molecule has 6 heterocycles. The van der Waals surface area contributed by atoms with Crippen molar-refractivity contribution < 1.29 is 17.9 Å². The second kappa shape index (κ2) is 9.30. The summed E-state index contributed by atoms with van der Waals surface area (Å²) in [6.07, 6.45) is 5.55. The molecule has 1 aliphatic carbocycles. The Morgan fingerprint density at radius 1 is 1.19 bits per heavy atom. The zero-order valence-electron chi connectivity index (χ0n) is 23.3. The number of fused-ring (bicyclic) bond motifs is 4. The molecule has 8 rings (SSSR count). The molecule has 3 aromatic rings. The van der Waals surface area contributed by atoms with Crippen molar-refractivity contribution in [3.8, 4) is 23.3 Å². The summed E-state index contributed by atoms with van der Waals surface area (Å²) in [4.78, 5) is 18.0. The summed E-state index contributed by atoms with van der Waals surface area (Å²) in [5, 5.41) is 13.9. The fraction of sp³-hybridized carbons (Fsp3) is 0.533. The second-order valence-electron chi connectivity index (χ2n) is 13.0. The van der Waals surface area contributed by atoms with Crippen molar-refractivity contribution in [2.24, 2.45) is 5.41 Å². The van der Waals surface area contributed by atoms with Crippen LogP contribution in [0.25, 0.3) is 22.2 Å². The molecule has 5 fully saturated rings. The van der Waals surface area contributed by atoms with E-state index in [1.54, 1.807) is 0 Å². The van der Waals surface area contributed by atoms with Crippen molar-refractivity contribution in [2.75, 3.05) is 43.4 Å². The average molecular weight is 611 g/mol. The van der Waals surface area contributed by atoms with Crippen LogP contribution in [0.15, 0.2) is 18.3 Å². The number of nitrogens with zero attached hydrogens (tertiary/aromatic N) is 6. The van der Waals surface area contributed by atoms with E-state index in [-0.39, 0.29) is 52.1 Å². The SMILES string of the molecule is N#Cc1c(Cl)cc(N)cc1-c1ncc2c(N3C[C@H]4CC[C@@H](C3)N4)nc(OC[C@@]34CCCN3C[C@@]3(CC3(F)F)C4)nc2c1F. The van der Waals surface area contributed by atoms with E-state index in [0.717, 1.165) is 32.2 Å². The highest BCUT2D eigenvalue weighted by molar-refractivity contribution is 6.32. The third-order valence-electron chi connectivity index (χ3n) is 10.2. The zero-order chi connectivity index (χ0) is 29.7. The molecule has 4 atom stereocenters. The summed E-state index contributed by atoms with van der Waals surface area (Å²) in [6.45, 7) is 2.63. The molecule has 13 heteroatoms. The predicted molar refractivity (Wildman–Crippen MR) is 155 cm³/mol. The predicted octanol–water partition coefficient (Wildman–Crippen LogP) is 4.52. The van der Waals surface area contributed by atoms with Crippen molar-refractivity contribution in [2.45, 2.75) is 62.1 Å². The number of ether oxygens (including phenoxy) is 1. The first-order chi connectivity index (χ1) is 20.6. The highest BCUT2D eigenvalue weighted by Crippen LogP contribution is 2.69. The van der Waals surface area contributed by atoms with E-state index in [1.165, 1.54) is 18.3 Å². The fourth-order valence-electron chi connectivity index (χ4n) is 8.06. The lowest BCUT2D eigenvalue weighted by Crippen LogP contribution is -2.51. The third-order valence-corrected chi connectivity index (χ3v) is 10.5. The first-order valence-corrected chi connectivity index (χ1v) is 15.1. The number of benzene rings is 1. The molecule has 224 valence electrons. The Morgan fingerprint density at radius 2 is 1.95 bits per heavy atom. The van der Waals surface area contributed by atoms with E-state index in [0.29, 0.717) is 49.3 Å². The molecule has 0 radical (unpaired) electrons. The molecule has 3 N–H and O–H groups in total. The van der Waals surface area contributed by atoms with Gasteiger partial charge in [0.2, 0.25) is 0 Å². The van der Waals surface area contributed by atoms with Crippen LogP contribution in [-0.2, 0) is 0 Å². The molecule has 9 nitrogen and oxygen atoms in total. The Morgan fingerprint density at radius 3 is 2.67 bits per heavy atom. The maximum atomic E-state index is 16.5. The number of aromatic nitrogens is 3. The van der Waals surface area contributed by atoms with Gasteiger partial charge in [0.15, 0.2) is 5.82 Å². The summed E-state index contributed by atoms with van der Waals surface area (Å²) in [5.41, 5.74) is 4.86. The Hall–Kier alpha value is -3.40. The summed E-state index contributed by atoms with van der Waals surface area (Å²) < 4.78 is 51.4. The van der Waals surface area contributed by atoms with E-state index in [2.05, 4.69) is 25.1 Å². The highest BCUT2D eigenvalue weighted by atomic mass is 35.5. The molecule has 4 aliphatic heterocycles. The Kier molecular flexibility index (Phi) is 5.88. The lowest BCUT2D eigenvalue weighted by atomic mass is 9.89. The van der Waals surface area contributed by atoms with E-state index >= 15 is 4.39 Å². The molecule has 2 bridgehead atoms. The minimum atomic E-state index is -2.64. The summed E-state index contributed by atoms with van der Waals surface area (Å²) in [7, 11) is 0. The van der Waals surface area contributed by atoms with E-state index < -0.39 is 22.7 Å². The first-order valence-electron chi connectivity index (χ1n) is 14.7. The number of nitriles is 1. The molecule has 1 saturated carbocycles. The largest absolute Gasteiger partial charge is 0.461 e. The van der Waals surface area contributed by atoms with Crippen LogP contribution in [0.5, 0.6) is 6.01 Å². The van der Waals surface area contributed by atoms with Gasteiger partial charge in [-0.1, -0.05) is 11.6 Å². The van der Waals surface area contributed by atoms with Gasteiger partial charge in [0.05, 0.1) is 26.9 Å².